The van der Waals surface area contributed by atoms with Crippen LogP contribution in [0.5, 0.6) is 0 Å². The standard InChI is InChI=1S/C15H19ClN2O/c1-9(13-7-5-6-8-14(13)16)17-10(2)15-11(3)18-19-12(15)4/h5-10,17H,1-4H3. The van der Waals surface area contributed by atoms with Crippen LogP contribution in [0.25, 0.3) is 0 Å². The highest BCUT2D eigenvalue weighted by atomic mass is 35.5. The summed E-state index contributed by atoms with van der Waals surface area (Å²) >= 11 is 6.22. The lowest BCUT2D eigenvalue weighted by atomic mass is 10.0. The van der Waals surface area contributed by atoms with Crippen LogP contribution in [0.15, 0.2) is 28.8 Å². The van der Waals surface area contributed by atoms with Gasteiger partial charge in [-0.2, -0.15) is 0 Å². The highest BCUT2D eigenvalue weighted by Gasteiger charge is 2.19. The van der Waals surface area contributed by atoms with Crippen molar-refractivity contribution in [2.45, 2.75) is 39.8 Å². The van der Waals surface area contributed by atoms with E-state index in [9.17, 15) is 0 Å². The van der Waals surface area contributed by atoms with Crippen molar-refractivity contribution in [1.29, 1.82) is 0 Å². The van der Waals surface area contributed by atoms with Crippen LogP contribution in [0.4, 0.5) is 0 Å². The monoisotopic (exact) mass is 278 g/mol. The van der Waals surface area contributed by atoms with Crippen molar-refractivity contribution >= 4 is 11.6 Å². The zero-order valence-electron chi connectivity index (χ0n) is 11.7. The molecule has 1 N–H and O–H groups in total. The number of aryl methyl sites for hydroxylation is 2. The third-order valence-corrected chi connectivity index (χ3v) is 3.74. The molecule has 0 saturated carbocycles. The van der Waals surface area contributed by atoms with Crippen LogP contribution < -0.4 is 5.32 Å². The molecule has 0 amide bonds. The van der Waals surface area contributed by atoms with Crippen LogP contribution in [0.2, 0.25) is 5.02 Å². The molecular weight excluding hydrogens is 260 g/mol. The Morgan fingerprint density at radius 2 is 1.84 bits per heavy atom. The van der Waals surface area contributed by atoms with Gasteiger partial charge in [-0.3, -0.25) is 0 Å². The highest BCUT2D eigenvalue weighted by molar-refractivity contribution is 6.31. The Hall–Kier alpha value is -1.32. The summed E-state index contributed by atoms with van der Waals surface area (Å²) < 4.78 is 5.21. The number of halogens is 1. The first kappa shape index (κ1) is 14.1. The molecule has 2 atom stereocenters. The second kappa shape index (κ2) is 5.76. The van der Waals surface area contributed by atoms with E-state index in [0.29, 0.717) is 0 Å². The minimum atomic E-state index is 0.164. The molecule has 2 unspecified atom stereocenters. The van der Waals surface area contributed by atoms with Crippen LogP contribution in [-0.2, 0) is 0 Å². The molecule has 0 spiro atoms. The highest BCUT2D eigenvalue weighted by Crippen LogP contribution is 2.27. The predicted molar refractivity (Wildman–Crippen MR) is 77.4 cm³/mol. The lowest BCUT2D eigenvalue weighted by Gasteiger charge is -2.21. The quantitative estimate of drug-likeness (QED) is 0.903. The molecule has 0 aliphatic heterocycles. The van der Waals surface area contributed by atoms with Crippen molar-refractivity contribution in [3.8, 4) is 0 Å². The Kier molecular flexibility index (Phi) is 4.27. The van der Waals surface area contributed by atoms with Crippen LogP contribution in [0, 0.1) is 13.8 Å². The second-order valence-corrected chi connectivity index (χ2v) is 5.28. The van der Waals surface area contributed by atoms with Gasteiger partial charge in [0.2, 0.25) is 0 Å². The minimum Gasteiger partial charge on any atom is -0.361 e. The zero-order chi connectivity index (χ0) is 14.0. The first-order chi connectivity index (χ1) is 9.00. The normalized spacial score (nSPS) is 14.4. The fourth-order valence-electron chi connectivity index (χ4n) is 2.48. The maximum absolute atomic E-state index is 6.22. The zero-order valence-corrected chi connectivity index (χ0v) is 12.5. The number of rotatable bonds is 4. The summed E-state index contributed by atoms with van der Waals surface area (Å²) in [6.07, 6.45) is 0. The smallest absolute Gasteiger partial charge is 0.138 e. The molecule has 4 heteroatoms. The summed E-state index contributed by atoms with van der Waals surface area (Å²) in [4.78, 5) is 0. The van der Waals surface area contributed by atoms with E-state index in [4.69, 9.17) is 16.1 Å². The number of nitrogens with zero attached hydrogens (tertiary/aromatic N) is 1. The number of nitrogens with one attached hydrogen (secondary N) is 1. The van der Waals surface area contributed by atoms with Gasteiger partial charge >= 0.3 is 0 Å². The summed E-state index contributed by atoms with van der Waals surface area (Å²) in [7, 11) is 0. The summed E-state index contributed by atoms with van der Waals surface area (Å²) in [5.41, 5.74) is 3.16. The van der Waals surface area contributed by atoms with E-state index >= 15 is 0 Å². The molecule has 0 bridgehead atoms. The van der Waals surface area contributed by atoms with Gasteiger partial charge in [0.1, 0.15) is 5.76 Å². The van der Waals surface area contributed by atoms with Crippen LogP contribution in [0.3, 0.4) is 0 Å². The van der Waals surface area contributed by atoms with Gasteiger partial charge < -0.3 is 9.84 Å². The largest absolute Gasteiger partial charge is 0.361 e. The predicted octanol–water partition coefficient (Wildman–Crippen LogP) is 4.36. The van der Waals surface area contributed by atoms with Crippen LogP contribution in [-0.4, -0.2) is 5.16 Å². The van der Waals surface area contributed by atoms with E-state index < -0.39 is 0 Å². The van der Waals surface area contributed by atoms with Gasteiger partial charge in [0.05, 0.1) is 5.69 Å². The summed E-state index contributed by atoms with van der Waals surface area (Å²) in [6.45, 7) is 8.12. The molecule has 3 nitrogen and oxygen atoms in total. The first-order valence-electron chi connectivity index (χ1n) is 6.44. The molecule has 1 heterocycles. The van der Waals surface area contributed by atoms with Gasteiger partial charge in [-0.15, -0.1) is 0 Å². The Morgan fingerprint density at radius 1 is 1.16 bits per heavy atom. The molecule has 0 radical (unpaired) electrons. The lowest BCUT2D eigenvalue weighted by Crippen LogP contribution is -2.23. The average Bonchev–Trinajstić information content (AvgIpc) is 2.69. The fraction of sp³-hybridized carbons (Fsp3) is 0.400. The van der Waals surface area contributed by atoms with Gasteiger partial charge in [0, 0.05) is 22.7 Å². The SMILES string of the molecule is Cc1noc(C)c1C(C)NC(C)c1ccccc1Cl. The molecule has 1 aromatic carbocycles. The van der Waals surface area contributed by atoms with Crippen LogP contribution in [0.1, 0.15) is 48.5 Å². The lowest BCUT2D eigenvalue weighted by molar-refractivity contribution is 0.389. The first-order valence-corrected chi connectivity index (χ1v) is 6.81. The van der Waals surface area contributed by atoms with Crippen molar-refractivity contribution in [3.05, 3.63) is 51.9 Å². The fourth-order valence-corrected chi connectivity index (χ4v) is 2.78. The summed E-state index contributed by atoms with van der Waals surface area (Å²) in [5.74, 6) is 0.865. The number of benzene rings is 1. The molecule has 1 aromatic heterocycles. The van der Waals surface area contributed by atoms with E-state index in [1.807, 2.05) is 38.1 Å². The van der Waals surface area contributed by atoms with Gasteiger partial charge in [-0.25, -0.2) is 0 Å². The van der Waals surface area contributed by atoms with Crippen LogP contribution >= 0.6 is 11.6 Å². The van der Waals surface area contributed by atoms with Crippen molar-refractivity contribution < 1.29 is 4.52 Å². The maximum Gasteiger partial charge on any atom is 0.138 e. The molecular formula is C15H19ClN2O. The maximum atomic E-state index is 6.22. The third-order valence-electron chi connectivity index (χ3n) is 3.39. The van der Waals surface area contributed by atoms with E-state index in [-0.39, 0.29) is 12.1 Å². The molecule has 2 aromatic rings. The molecule has 102 valence electrons. The van der Waals surface area contributed by atoms with Gasteiger partial charge in [0.25, 0.3) is 0 Å². The molecule has 0 fully saturated rings. The molecule has 19 heavy (non-hydrogen) atoms. The van der Waals surface area contributed by atoms with E-state index in [0.717, 1.165) is 27.6 Å². The van der Waals surface area contributed by atoms with E-state index in [2.05, 4.69) is 24.3 Å². The Labute approximate surface area is 118 Å². The van der Waals surface area contributed by atoms with Gasteiger partial charge in [0.15, 0.2) is 0 Å². The molecule has 0 saturated heterocycles. The Morgan fingerprint density at radius 3 is 2.42 bits per heavy atom. The summed E-state index contributed by atoms with van der Waals surface area (Å²) in [5, 5.41) is 8.32. The second-order valence-electron chi connectivity index (χ2n) is 4.87. The van der Waals surface area contributed by atoms with Crippen molar-refractivity contribution in [2.24, 2.45) is 0 Å². The molecule has 0 aliphatic carbocycles. The minimum absolute atomic E-state index is 0.164. The number of hydrogen-bond acceptors (Lipinski definition) is 3. The van der Waals surface area contributed by atoms with Crippen molar-refractivity contribution in [1.82, 2.24) is 10.5 Å². The molecule has 2 rings (SSSR count). The number of hydrogen-bond donors (Lipinski definition) is 1. The third kappa shape index (κ3) is 2.99. The Balaban J connectivity index is 2.16. The van der Waals surface area contributed by atoms with Crippen molar-refractivity contribution in [3.63, 3.8) is 0 Å². The van der Waals surface area contributed by atoms with E-state index in [1.165, 1.54) is 0 Å². The van der Waals surface area contributed by atoms with Gasteiger partial charge in [-0.1, -0.05) is 35.0 Å². The Bertz CT molecular complexity index is 546. The average molecular weight is 279 g/mol. The van der Waals surface area contributed by atoms with Crippen molar-refractivity contribution in [2.75, 3.05) is 0 Å². The van der Waals surface area contributed by atoms with E-state index in [1.54, 1.807) is 0 Å². The van der Waals surface area contributed by atoms with Gasteiger partial charge in [-0.05, 0) is 39.3 Å². The summed E-state index contributed by atoms with van der Waals surface area (Å²) in [6, 6.07) is 8.22. The molecule has 0 aliphatic rings. The number of aromatic nitrogens is 1. The topological polar surface area (TPSA) is 38.1 Å².